The predicted molar refractivity (Wildman–Crippen MR) is 219 cm³/mol. The van der Waals surface area contributed by atoms with Gasteiger partial charge >= 0.3 is 0 Å². The minimum Gasteiger partial charge on any atom is -0.501 e. The zero-order valence-electron chi connectivity index (χ0n) is 31.2. The second-order valence-corrected chi connectivity index (χ2v) is 13.9. The largest absolute Gasteiger partial charge is 0.501 e. The van der Waals surface area contributed by atoms with Gasteiger partial charge in [-0.1, -0.05) is 78.5 Å². The summed E-state index contributed by atoms with van der Waals surface area (Å²) >= 11 is 0. The smallest absolute Gasteiger partial charge is 0.120 e. The fraction of sp³-hybridized carbons (Fsp3) is 0.122. The average molecular weight is 878 g/mol. The van der Waals surface area contributed by atoms with Crippen molar-refractivity contribution in [1.82, 2.24) is 15.0 Å². The van der Waals surface area contributed by atoms with Crippen LogP contribution in [0.1, 0.15) is 33.4 Å². The zero-order chi connectivity index (χ0) is 36.6. The Hall–Kier alpha value is -5.74. The summed E-state index contributed by atoms with van der Waals surface area (Å²) in [5.41, 5.74) is 18.2. The molecule has 267 valence electrons. The molecule has 4 heterocycles. The number of benzene rings is 5. The molecule has 4 aromatic heterocycles. The fourth-order valence-electron chi connectivity index (χ4n) is 7.04. The standard InChI is InChI=1S/C36H27N2O.C13H12N.Ir/c1-21-9-7-10-22(2)35(21)31-16-15-25-18-29(23(3)17-32(25)38-31)30-19-33(37-20-24(30)4)28-13-8-12-27-26-11-5-6-14-34(26)39-36(27)28;1-10-3-6-12(7-4-10)13-8-5-11(2)9-14-13;/h5-12,14-20H,1-4H3;3-6,8-9H,1-2H3;/q2*-1;. The molecule has 0 spiro atoms. The number of fused-ring (bicyclic) bond motifs is 4. The van der Waals surface area contributed by atoms with Gasteiger partial charge in [-0.25, -0.2) is 4.98 Å². The SMILES string of the molecule is Cc1c[c-]c(-c2ccc(C)cn2)cc1.Cc1cnc(-c2[c-]ccc3c2oc2ccccc23)cc1-c1cc2ccc(-c3c(C)cccc3C)nc2cc1C.[Ir]. The van der Waals surface area contributed by atoms with Crippen LogP contribution in [-0.4, -0.2) is 15.0 Å². The Kier molecular flexibility index (Phi) is 10.4. The zero-order valence-corrected chi connectivity index (χ0v) is 33.6. The van der Waals surface area contributed by atoms with E-state index in [1.165, 1.54) is 38.9 Å². The van der Waals surface area contributed by atoms with Gasteiger partial charge in [0.2, 0.25) is 0 Å². The minimum absolute atomic E-state index is 0. The molecule has 0 saturated heterocycles. The third-order valence-electron chi connectivity index (χ3n) is 9.92. The molecule has 0 saturated carbocycles. The van der Waals surface area contributed by atoms with Crippen molar-refractivity contribution in [1.29, 1.82) is 0 Å². The molecule has 5 aromatic carbocycles. The number of rotatable bonds is 4. The first-order valence-electron chi connectivity index (χ1n) is 17.9. The maximum atomic E-state index is 6.28. The van der Waals surface area contributed by atoms with Crippen LogP contribution in [-0.2, 0) is 20.1 Å². The van der Waals surface area contributed by atoms with Gasteiger partial charge in [0.25, 0.3) is 0 Å². The molecule has 0 fully saturated rings. The van der Waals surface area contributed by atoms with Gasteiger partial charge < -0.3 is 14.4 Å². The fourth-order valence-corrected chi connectivity index (χ4v) is 7.04. The Bertz CT molecular complexity index is 2720. The van der Waals surface area contributed by atoms with E-state index < -0.39 is 0 Å². The van der Waals surface area contributed by atoms with Crippen LogP contribution < -0.4 is 0 Å². The van der Waals surface area contributed by atoms with Crippen molar-refractivity contribution in [2.24, 2.45) is 0 Å². The van der Waals surface area contributed by atoms with Gasteiger partial charge in [0.05, 0.1) is 16.8 Å². The monoisotopic (exact) mass is 878 g/mol. The molecule has 0 aliphatic rings. The van der Waals surface area contributed by atoms with Crippen LogP contribution >= 0.6 is 0 Å². The number of nitrogens with zero attached hydrogens (tertiary/aromatic N) is 3. The minimum atomic E-state index is 0. The van der Waals surface area contributed by atoms with E-state index in [0.29, 0.717) is 0 Å². The van der Waals surface area contributed by atoms with Crippen LogP contribution in [0.25, 0.3) is 77.7 Å². The number of pyridine rings is 3. The van der Waals surface area contributed by atoms with Crippen molar-refractivity contribution in [3.63, 3.8) is 0 Å². The molecule has 54 heavy (non-hydrogen) atoms. The quantitative estimate of drug-likeness (QED) is 0.165. The van der Waals surface area contributed by atoms with E-state index in [9.17, 15) is 0 Å². The average Bonchev–Trinajstić information content (AvgIpc) is 3.55. The van der Waals surface area contributed by atoms with Gasteiger partial charge in [-0.15, -0.1) is 53.6 Å². The van der Waals surface area contributed by atoms with E-state index in [-0.39, 0.29) is 20.1 Å². The summed E-state index contributed by atoms with van der Waals surface area (Å²) < 4.78 is 6.28. The van der Waals surface area contributed by atoms with Gasteiger partial charge in [0.1, 0.15) is 5.58 Å². The normalized spacial score (nSPS) is 11.0. The van der Waals surface area contributed by atoms with Crippen molar-refractivity contribution in [3.05, 3.63) is 173 Å². The molecule has 1 radical (unpaired) electrons. The summed E-state index contributed by atoms with van der Waals surface area (Å²) in [7, 11) is 0. The van der Waals surface area contributed by atoms with Crippen LogP contribution in [0.15, 0.2) is 132 Å². The summed E-state index contributed by atoms with van der Waals surface area (Å²) in [6, 6.07) is 46.3. The Balaban J connectivity index is 0.000000253. The van der Waals surface area contributed by atoms with E-state index in [0.717, 1.165) is 72.2 Å². The van der Waals surface area contributed by atoms with Crippen LogP contribution in [0.4, 0.5) is 0 Å². The van der Waals surface area contributed by atoms with Crippen LogP contribution in [0.2, 0.25) is 0 Å². The third-order valence-corrected chi connectivity index (χ3v) is 9.92. The van der Waals surface area contributed by atoms with Crippen LogP contribution in [0, 0.1) is 53.7 Å². The second-order valence-electron chi connectivity index (χ2n) is 13.9. The van der Waals surface area contributed by atoms with E-state index in [1.54, 1.807) is 0 Å². The molecular weight excluding hydrogens is 839 g/mol. The van der Waals surface area contributed by atoms with Gasteiger partial charge in [-0.2, -0.15) is 0 Å². The molecule has 0 aliphatic carbocycles. The maximum Gasteiger partial charge on any atom is 0.120 e. The molecule has 0 bridgehead atoms. The Morgan fingerprint density at radius 1 is 0.556 bits per heavy atom. The molecule has 0 unspecified atom stereocenters. The molecule has 9 aromatic rings. The molecule has 4 nitrogen and oxygen atoms in total. The predicted octanol–water partition coefficient (Wildman–Crippen LogP) is 12.7. The number of hydrogen-bond acceptors (Lipinski definition) is 4. The number of para-hydroxylation sites is 1. The molecule has 0 aliphatic heterocycles. The van der Waals surface area contributed by atoms with Gasteiger partial charge in [0, 0.05) is 48.8 Å². The summed E-state index contributed by atoms with van der Waals surface area (Å²) in [6.45, 7) is 12.7. The molecule has 9 rings (SSSR count). The Morgan fingerprint density at radius 2 is 1.30 bits per heavy atom. The maximum absolute atomic E-state index is 6.28. The Morgan fingerprint density at radius 3 is 2.06 bits per heavy atom. The topological polar surface area (TPSA) is 51.8 Å². The Labute approximate surface area is 330 Å². The number of aromatic nitrogens is 3. The summed E-state index contributed by atoms with van der Waals surface area (Å²) in [5, 5.41) is 3.30. The second kappa shape index (κ2) is 15.3. The first-order valence-corrected chi connectivity index (χ1v) is 17.9. The first kappa shape index (κ1) is 36.6. The summed E-state index contributed by atoms with van der Waals surface area (Å²) in [5.74, 6) is 0. The van der Waals surface area contributed by atoms with Gasteiger partial charge in [0.15, 0.2) is 0 Å². The molecule has 5 heteroatoms. The van der Waals surface area contributed by atoms with Crippen molar-refractivity contribution in [2.75, 3.05) is 0 Å². The van der Waals surface area contributed by atoms with E-state index >= 15 is 0 Å². The molecule has 0 N–H and O–H groups in total. The van der Waals surface area contributed by atoms with Crippen molar-refractivity contribution in [2.45, 2.75) is 41.5 Å². The summed E-state index contributed by atoms with van der Waals surface area (Å²) in [6.07, 6.45) is 3.83. The van der Waals surface area contributed by atoms with Crippen molar-refractivity contribution in [3.8, 4) is 44.9 Å². The van der Waals surface area contributed by atoms with E-state index in [1.807, 2.05) is 61.8 Å². The first-order chi connectivity index (χ1) is 25.7. The van der Waals surface area contributed by atoms with E-state index in [2.05, 4.69) is 125 Å². The number of aryl methyl sites for hydroxylation is 6. The van der Waals surface area contributed by atoms with E-state index in [4.69, 9.17) is 14.4 Å². The van der Waals surface area contributed by atoms with Crippen molar-refractivity contribution >= 4 is 32.8 Å². The number of hydrogen-bond donors (Lipinski definition) is 0. The van der Waals surface area contributed by atoms with Crippen LogP contribution in [0.3, 0.4) is 0 Å². The number of furan rings is 1. The molecular formula is C49H39IrN3O-2. The molecule has 0 amide bonds. The van der Waals surface area contributed by atoms with Crippen molar-refractivity contribution < 1.29 is 24.5 Å². The third kappa shape index (κ3) is 7.13. The summed E-state index contributed by atoms with van der Waals surface area (Å²) in [4.78, 5) is 14.2. The van der Waals surface area contributed by atoms with Gasteiger partial charge in [-0.3, -0.25) is 0 Å². The van der Waals surface area contributed by atoms with Crippen LogP contribution in [0.5, 0.6) is 0 Å². The molecule has 0 atom stereocenters. The van der Waals surface area contributed by atoms with Gasteiger partial charge in [-0.05, 0) is 109 Å².